The minimum atomic E-state index is -3.23. The van der Waals surface area contributed by atoms with Crippen molar-refractivity contribution in [2.75, 3.05) is 16.2 Å². The number of hydrogen-bond donors (Lipinski definition) is 2. The molecular weight excluding hydrogens is 236 g/mol. The molecule has 1 saturated carbocycles. The Morgan fingerprint density at radius 1 is 1.41 bits per heavy atom. The van der Waals surface area contributed by atoms with Crippen molar-refractivity contribution >= 4 is 21.4 Å². The largest absolute Gasteiger partial charge is 0.399 e. The second kappa shape index (κ2) is 4.56. The highest BCUT2D eigenvalue weighted by molar-refractivity contribution is 7.92. The van der Waals surface area contributed by atoms with Crippen molar-refractivity contribution < 1.29 is 8.42 Å². The highest BCUT2D eigenvalue weighted by atomic mass is 32.2. The number of nitrogen functional groups attached to an aromatic ring is 1. The molecule has 1 aromatic carbocycles. The molecule has 2 rings (SSSR count). The molecule has 1 aromatic rings. The van der Waals surface area contributed by atoms with E-state index in [2.05, 4.69) is 4.72 Å². The van der Waals surface area contributed by atoms with E-state index in [9.17, 15) is 8.42 Å². The Balaban J connectivity index is 2.04. The summed E-state index contributed by atoms with van der Waals surface area (Å²) in [7, 11) is -3.23. The molecule has 0 radical (unpaired) electrons. The first-order valence-electron chi connectivity index (χ1n) is 5.83. The van der Waals surface area contributed by atoms with Crippen LogP contribution in [0.1, 0.15) is 24.8 Å². The highest BCUT2D eigenvalue weighted by Gasteiger charge is 2.24. The van der Waals surface area contributed by atoms with Crippen molar-refractivity contribution in [1.82, 2.24) is 0 Å². The van der Waals surface area contributed by atoms with Crippen LogP contribution in [0.5, 0.6) is 0 Å². The van der Waals surface area contributed by atoms with E-state index in [1.807, 2.05) is 13.0 Å². The van der Waals surface area contributed by atoms with Crippen LogP contribution in [0.3, 0.4) is 0 Å². The zero-order valence-corrected chi connectivity index (χ0v) is 10.8. The molecular formula is C12H18N2O2S. The summed E-state index contributed by atoms with van der Waals surface area (Å²) < 4.78 is 26.3. The van der Waals surface area contributed by atoms with Crippen LogP contribution in [0.4, 0.5) is 11.4 Å². The predicted octanol–water partition coefficient (Wildman–Crippen LogP) is 2.12. The molecule has 17 heavy (non-hydrogen) atoms. The zero-order valence-electron chi connectivity index (χ0n) is 9.94. The zero-order chi connectivity index (χ0) is 12.5. The number of benzene rings is 1. The summed E-state index contributed by atoms with van der Waals surface area (Å²) in [5.74, 6) is 0.819. The summed E-state index contributed by atoms with van der Waals surface area (Å²) in [4.78, 5) is 0. The van der Waals surface area contributed by atoms with Crippen molar-refractivity contribution in [3.05, 3.63) is 23.8 Å². The first kappa shape index (κ1) is 12.2. The molecule has 0 saturated heterocycles. The second-order valence-electron chi connectivity index (χ2n) is 4.73. The van der Waals surface area contributed by atoms with Gasteiger partial charge in [0.2, 0.25) is 10.0 Å². The van der Waals surface area contributed by atoms with Gasteiger partial charge in [-0.15, -0.1) is 0 Å². The lowest BCUT2D eigenvalue weighted by Crippen LogP contribution is -2.17. The van der Waals surface area contributed by atoms with E-state index in [0.717, 1.165) is 12.0 Å². The third-order valence-electron chi connectivity index (χ3n) is 3.02. The van der Waals surface area contributed by atoms with Gasteiger partial charge in [-0.05, 0) is 37.0 Å². The number of rotatable bonds is 5. The number of sulfonamides is 1. The van der Waals surface area contributed by atoms with Crippen LogP contribution < -0.4 is 10.5 Å². The molecule has 4 nitrogen and oxygen atoms in total. The summed E-state index contributed by atoms with van der Waals surface area (Å²) in [6.07, 6.45) is 3.11. The van der Waals surface area contributed by atoms with Gasteiger partial charge in [0.25, 0.3) is 0 Å². The van der Waals surface area contributed by atoms with Crippen LogP contribution in [-0.2, 0) is 10.0 Å². The van der Waals surface area contributed by atoms with Crippen molar-refractivity contribution in [3.8, 4) is 0 Å². The number of aryl methyl sites for hydroxylation is 1. The van der Waals surface area contributed by atoms with Gasteiger partial charge in [0.05, 0.1) is 11.4 Å². The average molecular weight is 254 g/mol. The fourth-order valence-electron chi connectivity index (χ4n) is 1.70. The normalized spacial score (nSPS) is 15.8. The molecule has 0 atom stereocenters. The van der Waals surface area contributed by atoms with Gasteiger partial charge in [-0.3, -0.25) is 4.72 Å². The fourth-order valence-corrected chi connectivity index (χ4v) is 3.00. The number of nitrogens with two attached hydrogens (primary N) is 1. The van der Waals surface area contributed by atoms with Crippen LogP contribution in [0.25, 0.3) is 0 Å². The molecule has 0 heterocycles. The van der Waals surface area contributed by atoms with E-state index in [1.54, 1.807) is 12.1 Å². The van der Waals surface area contributed by atoms with Crippen LogP contribution >= 0.6 is 0 Å². The molecule has 0 aromatic heterocycles. The van der Waals surface area contributed by atoms with Crippen LogP contribution in [-0.4, -0.2) is 14.2 Å². The molecule has 0 amide bonds. The van der Waals surface area contributed by atoms with Gasteiger partial charge in [-0.1, -0.05) is 18.9 Å². The summed E-state index contributed by atoms with van der Waals surface area (Å²) >= 11 is 0. The van der Waals surface area contributed by atoms with E-state index in [4.69, 9.17) is 5.73 Å². The van der Waals surface area contributed by atoms with Gasteiger partial charge < -0.3 is 5.73 Å². The van der Waals surface area contributed by atoms with Crippen LogP contribution in [0.2, 0.25) is 0 Å². The maximum atomic E-state index is 11.8. The van der Waals surface area contributed by atoms with Crippen molar-refractivity contribution in [2.45, 2.75) is 26.2 Å². The third-order valence-corrected chi connectivity index (χ3v) is 4.32. The van der Waals surface area contributed by atoms with E-state index in [-0.39, 0.29) is 5.75 Å². The summed E-state index contributed by atoms with van der Waals surface area (Å²) in [6, 6.07) is 5.23. The Bertz CT molecular complexity index is 507. The van der Waals surface area contributed by atoms with Gasteiger partial charge in [-0.25, -0.2) is 8.42 Å². The summed E-state index contributed by atoms with van der Waals surface area (Å²) in [6.45, 7) is 1.86. The standard InChI is InChI=1S/C12H18N2O2S/c1-9-2-5-11(13)8-12(9)14-17(15,16)7-6-10-3-4-10/h2,5,8,10,14H,3-4,6-7,13H2,1H3. The molecule has 94 valence electrons. The lowest BCUT2D eigenvalue weighted by atomic mass is 10.2. The predicted molar refractivity (Wildman–Crippen MR) is 70.3 cm³/mol. The van der Waals surface area contributed by atoms with E-state index in [1.165, 1.54) is 12.8 Å². The molecule has 0 unspecified atom stereocenters. The number of hydrogen-bond acceptors (Lipinski definition) is 3. The Morgan fingerprint density at radius 2 is 2.12 bits per heavy atom. The van der Waals surface area contributed by atoms with Gasteiger partial charge in [-0.2, -0.15) is 0 Å². The second-order valence-corrected chi connectivity index (χ2v) is 6.57. The van der Waals surface area contributed by atoms with Crippen molar-refractivity contribution in [3.63, 3.8) is 0 Å². The van der Waals surface area contributed by atoms with Crippen molar-refractivity contribution in [2.24, 2.45) is 5.92 Å². The molecule has 5 heteroatoms. The molecule has 0 spiro atoms. The minimum absolute atomic E-state index is 0.200. The van der Waals surface area contributed by atoms with Gasteiger partial charge >= 0.3 is 0 Å². The Morgan fingerprint density at radius 3 is 2.76 bits per heavy atom. The maximum Gasteiger partial charge on any atom is 0.232 e. The molecule has 0 bridgehead atoms. The minimum Gasteiger partial charge on any atom is -0.399 e. The molecule has 0 aliphatic heterocycles. The van der Waals surface area contributed by atoms with Crippen LogP contribution in [0.15, 0.2) is 18.2 Å². The van der Waals surface area contributed by atoms with Crippen LogP contribution in [0, 0.1) is 12.8 Å². The SMILES string of the molecule is Cc1ccc(N)cc1NS(=O)(=O)CCC1CC1. The lowest BCUT2D eigenvalue weighted by molar-refractivity contribution is 0.595. The number of anilines is 2. The lowest BCUT2D eigenvalue weighted by Gasteiger charge is -2.10. The Labute approximate surface area is 102 Å². The first-order chi connectivity index (χ1) is 7.96. The maximum absolute atomic E-state index is 11.8. The average Bonchev–Trinajstić information content (AvgIpc) is 3.04. The molecule has 1 fully saturated rings. The van der Waals surface area contributed by atoms with Gasteiger partial charge in [0, 0.05) is 5.69 Å². The number of nitrogens with one attached hydrogen (secondary N) is 1. The third kappa shape index (κ3) is 3.63. The molecule has 3 N–H and O–H groups in total. The fraction of sp³-hybridized carbons (Fsp3) is 0.500. The van der Waals surface area contributed by atoms with E-state index >= 15 is 0 Å². The molecule has 1 aliphatic carbocycles. The Hall–Kier alpha value is -1.23. The Kier molecular flexibility index (Phi) is 3.28. The van der Waals surface area contributed by atoms with E-state index < -0.39 is 10.0 Å². The smallest absolute Gasteiger partial charge is 0.232 e. The summed E-state index contributed by atoms with van der Waals surface area (Å²) in [5.41, 5.74) is 7.68. The molecule has 1 aliphatic rings. The monoisotopic (exact) mass is 254 g/mol. The highest BCUT2D eigenvalue weighted by Crippen LogP contribution is 2.32. The summed E-state index contributed by atoms with van der Waals surface area (Å²) in [5, 5.41) is 0. The van der Waals surface area contributed by atoms with Gasteiger partial charge in [0.15, 0.2) is 0 Å². The van der Waals surface area contributed by atoms with Gasteiger partial charge in [0.1, 0.15) is 0 Å². The first-order valence-corrected chi connectivity index (χ1v) is 7.48. The van der Waals surface area contributed by atoms with E-state index in [0.29, 0.717) is 17.3 Å². The quantitative estimate of drug-likeness (QED) is 0.790. The topological polar surface area (TPSA) is 72.2 Å². The van der Waals surface area contributed by atoms with Crippen molar-refractivity contribution in [1.29, 1.82) is 0 Å².